The summed E-state index contributed by atoms with van der Waals surface area (Å²) in [6.45, 7) is 0. The van der Waals surface area contributed by atoms with Crippen LogP contribution in [0.3, 0.4) is 0 Å². The molecule has 2 aliphatic carbocycles. The van der Waals surface area contributed by atoms with Crippen LogP contribution >= 0.6 is 0 Å². The van der Waals surface area contributed by atoms with Crippen molar-refractivity contribution in [3.63, 3.8) is 0 Å². The van der Waals surface area contributed by atoms with E-state index in [-0.39, 0.29) is 17.6 Å². The summed E-state index contributed by atoms with van der Waals surface area (Å²) in [5, 5.41) is 27.0. The van der Waals surface area contributed by atoms with Gasteiger partial charge in [-0.25, -0.2) is 24.9 Å². The van der Waals surface area contributed by atoms with Crippen molar-refractivity contribution in [2.75, 3.05) is 19.4 Å². The van der Waals surface area contributed by atoms with Crippen LogP contribution in [0, 0.1) is 23.2 Å². The van der Waals surface area contributed by atoms with Crippen LogP contribution in [0.15, 0.2) is 24.8 Å². The monoisotopic (exact) mass is 420 g/mol. The molecule has 158 valence electrons. The Morgan fingerprint density at radius 3 is 2.61 bits per heavy atom. The van der Waals surface area contributed by atoms with Crippen molar-refractivity contribution in [1.82, 2.24) is 34.8 Å². The summed E-state index contributed by atoms with van der Waals surface area (Å²) in [7, 11) is 3.24. The SMILES string of the molecule is CNC(=O)[C@@]12CC1[C@@H](n1cnc3c(NC)nc(C#Cc4ncccn4)nc31)[C@H](O)[C@@H]2O. The maximum Gasteiger partial charge on any atom is 0.229 e. The number of nitrogens with one attached hydrogen (secondary N) is 2. The summed E-state index contributed by atoms with van der Waals surface area (Å²) in [6.07, 6.45) is 2.93. The van der Waals surface area contributed by atoms with Crippen molar-refractivity contribution < 1.29 is 15.0 Å². The molecule has 1 amide bonds. The van der Waals surface area contributed by atoms with Crippen molar-refractivity contribution >= 4 is 22.9 Å². The van der Waals surface area contributed by atoms with Gasteiger partial charge in [-0.15, -0.1) is 0 Å². The van der Waals surface area contributed by atoms with Gasteiger partial charge in [0, 0.05) is 32.4 Å². The zero-order chi connectivity index (χ0) is 21.8. The van der Waals surface area contributed by atoms with E-state index in [1.54, 1.807) is 36.4 Å². The number of carbonyl (C=O) groups is 1. The second kappa shape index (κ2) is 6.97. The fourth-order valence-corrected chi connectivity index (χ4v) is 4.63. The summed E-state index contributed by atoms with van der Waals surface area (Å²) in [4.78, 5) is 33.9. The fraction of sp³-hybridized carbons (Fsp3) is 0.400. The van der Waals surface area contributed by atoms with Gasteiger partial charge in [-0.3, -0.25) is 4.79 Å². The molecule has 0 spiro atoms. The standard InChI is InChI=1S/C20H20N8O3/c1-21-17-13-18(27-12(26-17)5-4-11-23-6-3-7-24-11)28(9-25-13)14-10-8-20(10,19(31)22-2)16(30)15(14)29/h3,6-7,9-10,14-16,29-30H,8H2,1-2H3,(H,22,31)(H,21,26,27)/t10?,14-,15+,16+,20+/m1/s1. The van der Waals surface area contributed by atoms with E-state index < -0.39 is 23.7 Å². The molecule has 11 heteroatoms. The van der Waals surface area contributed by atoms with E-state index in [1.165, 1.54) is 7.05 Å². The number of amides is 1. The predicted molar refractivity (Wildman–Crippen MR) is 109 cm³/mol. The Balaban J connectivity index is 1.58. The molecule has 0 radical (unpaired) electrons. The second-order valence-corrected chi connectivity index (χ2v) is 7.65. The number of imidazole rings is 1. The zero-order valence-corrected chi connectivity index (χ0v) is 16.8. The normalized spacial score (nSPS) is 28.5. The smallest absolute Gasteiger partial charge is 0.229 e. The van der Waals surface area contributed by atoms with Gasteiger partial charge in [-0.05, 0) is 24.3 Å². The highest BCUT2D eigenvalue weighted by Gasteiger charge is 2.75. The maximum atomic E-state index is 12.4. The van der Waals surface area contributed by atoms with Gasteiger partial charge >= 0.3 is 0 Å². The molecule has 2 saturated carbocycles. The van der Waals surface area contributed by atoms with Crippen LogP contribution in [0.25, 0.3) is 11.2 Å². The third kappa shape index (κ3) is 2.76. The second-order valence-electron chi connectivity index (χ2n) is 7.65. The first-order valence-electron chi connectivity index (χ1n) is 9.81. The zero-order valence-electron chi connectivity index (χ0n) is 16.8. The average molecular weight is 420 g/mol. The fourth-order valence-electron chi connectivity index (χ4n) is 4.63. The molecular weight excluding hydrogens is 400 g/mol. The molecule has 0 aromatic carbocycles. The summed E-state index contributed by atoms with van der Waals surface area (Å²) >= 11 is 0. The van der Waals surface area contributed by atoms with Crippen molar-refractivity contribution in [3.05, 3.63) is 36.4 Å². The Hall–Kier alpha value is -3.62. The molecule has 0 bridgehead atoms. The van der Waals surface area contributed by atoms with Gasteiger partial charge in [0.2, 0.25) is 17.6 Å². The molecule has 0 aliphatic heterocycles. The molecule has 11 nitrogen and oxygen atoms in total. The van der Waals surface area contributed by atoms with E-state index in [1.807, 2.05) is 0 Å². The predicted octanol–water partition coefficient (Wildman–Crippen LogP) is -0.913. The lowest BCUT2D eigenvalue weighted by Gasteiger charge is -2.23. The molecule has 1 unspecified atom stereocenters. The molecule has 3 heterocycles. The van der Waals surface area contributed by atoms with Crippen LogP contribution in [0.4, 0.5) is 5.82 Å². The minimum absolute atomic E-state index is 0.227. The van der Waals surface area contributed by atoms with Gasteiger partial charge in [0.1, 0.15) is 6.10 Å². The lowest BCUT2D eigenvalue weighted by Crippen LogP contribution is -2.41. The highest BCUT2D eigenvalue weighted by molar-refractivity contribution is 5.88. The largest absolute Gasteiger partial charge is 0.389 e. The molecule has 2 aliphatic rings. The summed E-state index contributed by atoms with van der Waals surface area (Å²) in [5.74, 6) is 6.23. The van der Waals surface area contributed by atoms with Crippen LogP contribution < -0.4 is 10.6 Å². The van der Waals surface area contributed by atoms with E-state index in [2.05, 4.69) is 47.4 Å². The van der Waals surface area contributed by atoms with Gasteiger partial charge < -0.3 is 25.4 Å². The number of aliphatic hydroxyl groups is 2. The van der Waals surface area contributed by atoms with E-state index >= 15 is 0 Å². The molecule has 2 fully saturated rings. The summed E-state index contributed by atoms with van der Waals surface area (Å²) in [6, 6.07) is 1.15. The van der Waals surface area contributed by atoms with Crippen molar-refractivity contribution in [3.8, 4) is 11.8 Å². The number of fused-ring (bicyclic) bond motifs is 2. The molecule has 4 N–H and O–H groups in total. The third-order valence-corrected chi connectivity index (χ3v) is 6.15. The number of nitrogens with zero attached hydrogens (tertiary/aromatic N) is 6. The Bertz CT molecular complexity index is 1230. The van der Waals surface area contributed by atoms with Crippen LogP contribution in [-0.4, -0.2) is 71.9 Å². The van der Waals surface area contributed by atoms with Gasteiger partial charge in [0.25, 0.3) is 0 Å². The van der Waals surface area contributed by atoms with Gasteiger partial charge in [-0.1, -0.05) is 0 Å². The Morgan fingerprint density at radius 1 is 1.16 bits per heavy atom. The van der Waals surface area contributed by atoms with Crippen molar-refractivity contribution in [2.24, 2.45) is 11.3 Å². The van der Waals surface area contributed by atoms with E-state index in [9.17, 15) is 15.0 Å². The van der Waals surface area contributed by atoms with Crippen LogP contribution in [0.1, 0.15) is 24.1 Å². The number of carbonyl (C=O) groups excluding carboxylic acids is 1. The Morgan fingerprint density at radius 2 is 1.90 bits per heavy atom. The Labute approximate surface area is 177 Å². The molecular formula is C20H20N8O3. The van der Waals surface area contributed by atoms with Crippen LogP contribution in [0.5, 0.6) is 0 Å². The first-order valence-corrected chi connectivity index (χ1v) is 9.81. The third-order valence-electron chi connectivity index (χ3n) is 6.15. The number of anilines is 1. The molecule has 3 aromatic heterocycles. The minimum atomic E-state index is -1.17. The highest BCUT2D eigenvalue weighted by atomic mass is 16.3. The minimum Gasteiger partial charge on any atom is -0.389 e. The first kappa shape index (κ1) is 19.3. The Kier molecular flexibility index (Phi) is 4.35. The van der Waals surface area contributed by atoms with Gasteiger partial charge in [0.05, 0.1) is 23.9 Å². The van der Waals surface area contributed by atoms with Crippen LogP contribution in [-0.2, 0) is 4.79 Å². The topological polar surface area (TPSA) is 151 Å². The first-order chi connectivity index (χ1) is 15.0. The lowest BCUT2D eigenvalue weighted by atomic mass is 9.98. The highest BCUT2D eigenvalue weighted by Crippen LogP contribution is 2.67. The number of rotatable bonds is 3. The van der Waals surface area contributed by atoms with Gasteiger partial charge in [0.15, 0.2) is 17.0 Å². The summed E-state index contributed by atoms with van der Waals surface area (Å²) in [5.41, 5.74) is -0.0287. The number of aromatic nitrogens is 6. The van der Waals surface area contributed by atoms with E-state index in [0.29, 0.717) is 29.2 Å². The quantitative estimate of drug-likeness (QED) is 0.395. The molecule has 0 saturated heterocycles. The maximum absolute atomic E-state index is 12.4. The van der Waals surface area contributed by atoms with E-state index in [0.717, 1.165) is 0 Å². The number of aliphatic hydroxyl groups excluding tert-OH is 2. The van der Waals surface area contributed by atoms with Crippen molar-refractivity contribution in [1.29, 1.82) is 0 Å². The molecule has 5 rings (SSSR count). The molecule has 5 atom stereocenters. The average Bonchev–Trinajstić information content (AvgIpc) is 3.34. The summed E-state index contributed by atoms with van der Waals surface area (Å²) < 4.78 is 1.71. The van der Waals surface area contributed by atoms with Gasteiger partial charge in [-0.2, -0.15) is 0 Å². The van der Waals surface area contributed by atoms with Crippen LogP contribution in [0.2, 0.25) is 0 Å². The van der Waals surface area contributed by atoms with E-state index in [4.69, 9.17) is 0 Å². The lowest BCUT2D eigenvalue weighted by molar-refractivity contribution is -0.132. The van der Waals surface area contributed by atoms with Crippen molar-refractivity contribution in [2.45, 2.75) is 24.7 Å². The number of hydrogen-bond donors (Lipinski definition) is 4. The number of hydrogen-bond acceptors (Lipinski definition) is 9. The molecule has 3 aromatic rings. The molecule has 31 heavy (non-hydrogen) atoms.